The Labute approximate surface area is 95.9 Å². The summed E-state index contributed by atoms with van der Waals surface area (Å²) in [5.74, 6) is 0.429. The number of amides is 1. The molecule has 1 aromatic carbocycles. The number of fused-ring (bicyclic) bond motifs is 1. The zero-order valence-corrected chi connectivity index (χ0v) is 9.80. The maximum Gasteiger partial charge on any atom is 0.230 e. The molecule has 1 atom stereocenters. The van der Waals surface area contributed by atoms with Gasteiger partial charge in [-0.05, 0) is 28.1 Å². The van der Waals surface area contributed by atoms with E-state index >= 15 is 0 Å². The number of rotatable bonds is 0. The van der Waals surface area contributed by atoms with Crippen LogP contribution in [0.1, 0.15) is 6.92 Å². The molecule has 1 aromatic rings. The van der Waals surface area contributed by atoms with Crippen molar-refractivity contribution in [3.63, 3.8) is 0 Å². The number of benzene rings is 1. The molecule has 3 N–H and O–H groups in total. The van der Waals surface area contributed by atoms with E-state index in [1.807, 2.05) is 6.92 Å². The van der Waals surface area contributed by atoms with Crippen molar-refractivity contribution in [1.29, 1.82) is 0 Å². The number of halogens is 1. The van der Waals surface area contributed by atoms with Gasteiger partial charge in [0.25, 0.3) is 0 Å². The Morgan fingerprint density at radius 1 is 1.60 bits per heavy atom. The molecule has 1 aliphatic heterocycles. The molecule has 0 fully saturated rings. The molecule has 5 heteroatoms. The number of nitrogens with two attached hydrogens (primary N) is 1. The van der Waals surface area contributed by atoms with Crippen LogP contribution >= 0.6 is 15.9 Å². The van der Waals surface area contributed by atoms with Gasteiger partial charge in [0.1, 0.15) is 0 Å². The number of nitrogen functional groups attached to an aromatic ring is 1. The van der Waals surface area contributed by atoms with E-state index in [0.29, 0.717) is 23.7 Å². The second-order valence-corrected chi connectivity index (χ2v) is 4.44. The lowest BCUT2D eigenvalue weighted by molar-refractivity contribution is -0.119. The summed E-state index contributed by atoms with van der Waals surface area (Å²) in [7, 11) is 0. The standard InChI is InChI=1S/C10H11BrN2O2/c1-5-4-15-9-7(11)2-6(12)3-8(9)13-10(5)14/h2-3,5H,4,12H2,1H3,(H,13,14). The molecule has 0 aliphatic carbocycles. The maximum atomic E-state index is 11.6. The average Bonchev–Trinajstić information content (AvgIpc) is 2.27. The van der Waals surface area contributed by atoms with Gasteiger partial charge < -0.3 is 15.8 Å². The van der Waals surface area contributed by atoms with Gasteiger partial charge in [-0.3, -0.25) is 4.79 Å². The van der Waals surface area contributed by atoms with Crippen molar-refractivity contribution < 1.29 is 9.53 Å². The summed E-state index contributed by atoms with van der Waals surface area (Å²) < 4.78 is 6.29. The zero-order chi connectivity index (χ0) is 11.0. The smallest absolute Gasteiger partial charge is 0.230 e. The van der Waals surface area contributed by atoms with E-state index in [0.717, 1.165) is 4.47 Å². The average molecular weight is 271 g/mol. The van der Waals surface area contributed by atoms with Crippen LogP contribution in [0.2, 0.25) is 0 Å². The summed E-state index contributed by atoms with van der Waals surface area (Å²) in [5.41, 5.74) is 6.88. The fourth-order valence-electron chi connectivity index (χ4n) is 1.39. The van der Waals surface area contributed by atoms with E-state index in [4.69, 9.17) is 10.5 Å². The third kappa shape index (κ3) is 1.92. The fourth-order valence-corrected chi connectivity index (χ4v) is 1.99. The summed E-state index contributed by atoms with van der Waals surface area (Å²) in [6.07, 6.45) is 0. The molecule has 15 heavy (non-hydrogen) atoms. The molecule has 0 saturated heterocycles. The van der Waals surface area contributed by atoms with Crippen molar-refractivity contribution in [3.05, 3.63) is 16.6 Å². The van der Waals surface area contributed by atoms with Crippen LogP contribution in [0.25, 0.3) is 0 Å². The van der Waals surface area contributed by atoms with E-state index in [-0.39, 0.29) is 11.8 Å². The molecule has 80 valence electrons. The van der Waals surface area contributed by atoms with Crippen molar-refractivity contribution in [2.75, 3.05) is 17.7 Å². The highest BCUT2D eigenvalue weighted by atomic mass is 79.9. The van der Waals surface area contributed by atoms with E-state index in [9.17, 15) is 4.79 Å². The molecule has 0 radical (unpaired) electrons. The van der Waals surface area contributed by atoms with Crippen LogP contribution in [0.15, 0.2) is 16.6 Å². The van der Waals surface area contributed by atoms with Crippen LogP contribution in [0.3, 0.4) is 0 Å². The highest BCUT2D eigenvalue weighted by Gasteiger charge is 2.22. The Kier molecular flexibility index (Phi) is 2.56. The van der Waals surface area contributed by atoms with Crippen molar-refractivity contribution >= 4 is 33.2 Å². The third-order valence-electron chi connectivity index (χ3n) is 2.25. The van der Waals surface area contributed by atoms with Crippen LogP contribution in [-0.2, 0) is 4.79 Å². The quantitative estimate of drug-likeness (QED) is 0.709. The summed E-state index contributed by atoms with van der Waals surface area (Å²) in [5, 5.41) is 2.78. The lowest BCUT2D eigenvalue weighted by Crippen LogP contribution is -2.22. The monoisotopic (exact) mass is 270 g/mol. The highest BCUT2D eigenvalue weighted by Crippen LogP contribution is 2.37. The van der Waals surface area contributed by atoms with Crippen molar-refractivity contribution in [2.45, 2.75) is 6.92 Å². The number of hydrogen-bond donors (Lipinski definition) is 2. The second-order valence-electron chi connectivity index (χ2n) is 3.58. The second kappa shape index (κ2) is 3.73. The minimum Gasteiger partial charge on any atom is -0.489 e. The van der Waals surface area contributed by atoms with Crippen LogP contribution in [0, 0.1) is 5.92 Å². The first-order valence-electron chi connectivity index (χ1n) is 4.60. The third-order valence-corrected chi connectivity index (χ3v) is 2.84. The molecular formula is C10H11BrN2O2. The Morgan fingerprint density at radius 3 is 3.07 bits per heavy atom. The normalized spacial score (nSPS) is 19.9. The fraction of sp³-hybridized carbons (Fsp3) is 0.300. The Morgan fingerprint density at radius 2 is 2.33 bits per heavy atom. The number of carbonyl (C=O) groups is 1. The van der Waals surface area contributed by atoms with Gasteiger partial charge in [0, 0.05) is 5.69 Å². The Bertz CT molecular complexity index is 420. The number of carbonyl (C=O) groups excluding carboxylic acids is 1. The van der Waals surface area contributed by atoms with Crippen LogP contribution < -0.4 is 15.8 Å². The summed E-state index contributed by atoms with van der Waals surface area (Å²) in [6, 6.07) is 3.44. The van der Waals surface area contributed by atoms with Gasteiger partial charge >= 0.3 is 0 Å². The minimum absolute atomic E-state index is 0.0498. The molecule has 0 spiro atoms. The van der Waals surface area contributed by atoms with Crippen molar-refractivity contribution in [3.8, 4) is 5.75 Å². The van der Waals surface area contributed by atoms with Gasteiger partial charge in [0.15, 0.2) is 5.75 Å². The van der Waals surface area contributed by atoms with Crippen LogP contribution in [0.4, 0.5) is 11.4 Å². The lowest BCUT2D eigenvalue weighted by atomic mass is 10.2. The van der Waals surface area contributed by atoms with Gasteiger partial charge in [-0.2, -0.15) is 0 Å². The zero-order valence-electron chi connectivity index (χ0n) is 8.21. The predicted molar refractivity (Wildman–Crippen MR) is 61.8 cm³/mol. The van der Waals surface area contributed by atoms with Crippen molar-refractivity contribution in [2.24, 2.45) is 5.92 Å². The number of hydrogen-bond acceptors (Lipinski definition) is 3. The van der Waals surface area contributed by atoms with Gasteiger partial charge in [0.2, 0.25) is 5.91 Å². The van der Waals surface area contributed by atoms with Crippen LogP contribution in [-0.4, -0.2) is 12.5 Å². The SMILES string of the molecule is CC1COc2c(Br)cc(N)cc2NC1=O. The first-order valence-corrected chi connectivity index (χ1v) is 5.40. The van der Waals surface area contributed by atoms with E-state index in [2.05, 4.69) is 21.2 Å². The van der Waals surface area contributed by atoms with Gasteiger partial charge in [-0.25, -0.2) is 0 Å². The first-order chi connectivity index (χ1) is 7.08. The molecule has 0 aromatic heterocycles. The highest BCUT2D eigenvalue weighted by molar-refractivity contribution is 9.10. The van der Waals surface area contributed by atoms with Gasteiger partial charge in [-0.15, -0.1) is 0 Å². The van der Waals surface area contributed by atoms with Crippen LogP contribution in [0.5, 0.6) is 5.75 Å². The largest absolute Gasteiger partial charge is 0.489 e. The maximum absolute atomic E-state index is 11.6. The number of nitrogens with one attached hydrogen (secondary N) is 1. The summed E-state index contributed by atoms with van der Waals surface area (Å²) in [6.45, 7) is 2.19. The Hall–Kier alpha value is -1.23. The Balaban J connectivity index is 2.47. The van der Waals surface area contributed by atoms with E-state index in [1.54, 1.807) is 12.1 Å². The first kappa shape index (κ1) is 10.3. The van der Waals surface area contributed by atoms with Gasteiger partial charge in [-0.1, -0.05) is 6.92 Å². The molecule has 4 nitrogen and oxygen atoms in total. The molecule has 1 unspecified atom stereocenters. The minimum atomic E-state index is -0.162. The predicted octanol–water partition coefficient (Wildman–Crippen LogP) is 2.00. The van der Waals surface area contributed by atoms with Gasteiger partial charge in [0.05, 0.1) is 22.7 Å². The molecule has 1 amide bonds. The van der Waals surface area contributed by atoms with Crippen molar-refractivity contribution in [1.82, 2.24) is 0 Å². The molecule has 1 heterocycles. The number of ether oxygens (including phenoxy) is 1. The molecule has 2 rings (SSSR count). The molecule has 0 bridgehead atoms. The number of anilines is 2. The summed E-state index contributed by atoms with van der Waals surface area (Å²) in [4.78, 5) is 11.6. The van der Waals surface area contributed by atoms with E-state index in [1.165, 1.54) is 0 Å². The summed E-state index contributed by atoms with van der Waals surface area (Å²) >= 11 is 3.35. The lowest BCUT2D eigenvalue weighted by Gasteiger charge is -2.09. The molecule has 0 saturated carbocycles. The molecular weight excluding hydrogens is 260 g/mol. The van der Waals surface area contributed by atoms with E-state index < -0.39 is 0 Å². The topological polar surface area (TPSA) is 64.3 Å². The molecule has 1 aliphatic rings.